The molecule has 14 nitrogen and oxygen atoms in total. The zero-order chi connectivity index (χ0) is 57.2. The third kappa shape index (κ3) is 36.1. The molecule has 2 aliphatic heterocycles. The van der Waals surface area contributed by atoms with Gasteiger partial charge in [0.25, 0.3) is 0 Å². The number of allylic oxidation sites excluding steroid dienone is 24. The van der Waals surface area contributed by atoms with Crippen LogP contribution in [0.15, 0.2) is 146 Å². The fourth-order valence-electron chi connectivity index (χ4n) is 8.17. The molecule has 0 aromatic carbocycles. The van der Waals surface area contributed by atoms with E-state index in [1.54, 1.807) is 0 Å². The highest BCUT2D eigenvalue weighted by Crippen LogP contribution is 2.26. The summed E-state index contributed by atoms with van der Waals surface area (Å²) in [6, 6.07) is 0. The average molecular weight is 1110 g/mol. The average Bonchev–Trinajstić information content (AvgIpc) is 3.46. The molecule has 11 unspecified atom stereocenters. The lowest BCUT2D eigenvalue weighted by molar-refractivity contribution is -0.332. The molecule has 0 aromatic rings. The number of esters is 1. The van der Waals surface area contributed by atoms with Gasteiger partial charge in [-0.15, -0.1) is 0 Å². The predicted molar refractivity (Wildman–Crippen MR) is 316 cm³/mol. The smallest absolute Gasteiger partial charge is 0.306 e. The van der Waals surface area contributed by atoms with Crippen molar-refractivity contribution in [3.63, 3.8) is 0 Å². The molecule has 2 fully saturated rings. The Kier molecular flexibility index (Phi) is 44.6. The van der Waals surface area contributed by atoms with Crippen LogP contribution in [0.5, 0.6) is 0 Å². The van der Waals surface area contributed by atoms with Crippen molar-refractivity contribution in [1.29, 1.82) is 0 Å². The summed E-state index contributed by atoms with van der Waals surface area (Å²) >= 11 is 0. The summed E-state index contributed by atoms with van der Waals surface area (Å²) < 4.78 is 34.3. The predicted octanol–water partition coefficient (Wildman–Crippen LogP) is 10.9. The van der Waals surface area contributed by atoms with E-state index in [0.717, 1.165) is 128 Å². The summed E-state index contributed by atoms with van der Waals surface area (Å²) in [5.74, 6) is -0.424. The molecule has 446 valence electrons. The Labute approximate surface area is 474 Å². The van der Waals surface area contributed by atoms with Crippen molar-refractivity contribution in [2.45, 2.75) is 223 Å². The molecule has 14 heteroatoms. The van der Waals surface area contributed by atoms with E-state index in [0.29, 0.717) is 13.0 Å². The molecule has 0 saturated carbocycles. The third-order valence-corrected chi connectivity index (χ3v) is 12.8. The van der Waals surface area contributed by atoms with Crippen LogP contribution in [0.1, 0.15) is 155 Å². The Morgan fingerprint density at radius 2 is 0.785 bits per heavy atom. The maximum atomic E-state index is 13.1. The monoisotopic (exact) mass is 1110 g/mol. The van der Waals surface area contributed by atoms with Crippen molar-refractivity contribution >= 4 is 5.97 Å². The van der Waals surface area contributed by atoms with Crippen LogP contribution in [0.2, 0.25) is 0 Å². The van der Waals surface area contributed by atoms with E-state index in [2.05, 4.69) is 160 Å². The molecular weight excluding hydrogens is 1000 g/mol. The molecule has 79 heavy (non-hydrogen) atoms. The van der Waals surface area contributed by atoms with Crippen LogP contribution in [-0.2, 0) is 33.2 Å². The lowest BCUT2D eigenvalue weighted by Crippen LogP contribution is -2.61. The van der Waals surface area contributed by atoms with E-state index < -0.39 is 86.7 Å². The van der Waals surface area contributed by atoms with Gasteiger partial charge in [-0.3, -0.25) is 4.79 Å². The second-order valence-corrected chi connectivity index (χ2v) is 19.7. The molecule has 0 aliphatic carbocycles. The minimum Gasteiger partial charge on any atom is -0.457 e. The van der Waals surface area contributed by atoms with Crippen LogP contribution >= 0.6 is 0 Å². The van der Waals surface area contributed by atoms with E-state index in [1.165, 1.54) is 0 Å². The third-order valence-electron chi connectivity index (χ3n) is 12.8. The Bertz CT molecular complexity index is 1860. The number of rotatable bonds is 45. The molecule has 0 radical (unpaired) electrons. The number of carbonyl (C=O) groups excluding carboxylic acids is 1. The van der Waals surface area contributed by atoms with E-state index >= 15 is 0 Å². The number of carbonyl (C=O) groups is 1. The molecule has 0 spiro atoms. The maximum Gasteiger partial charge on any atom is 0.306 e. The van der Waals surface area contributed by atoms with Crippen molar-refractivity contribution in [2.24, 2.45) is 0 Å². The second kappa shape index (κ2) is 49.7. The summed E-state index contributed by atoms with van der Waals surface area (Å²) in [6.07, 6.45) is 56.1. The Morgan fingerprint density at radius 1 is 0.418 bits per heavy atom. The number of aliphatic hydroxyl groups is 7. The molecular formula is C65H102O14. The molecule has 11 atom stereocenters. The first-order chi connectivity index (χ1) is 38.6. The minimum atomic E-state index is -1.73. The number of unbranched alkanes of at least 4 members (excludes halogenated alkanes) is 7. The minimum absolute atomic E-state index is 0.0188. The summed E-state index contributed by atoms with van der Waals surface area (Å²) in [4.78, 5) is 13.1. The van der Waals surface area contributed by atoms with Gasteiger partial charge in [-0.25, -0.2) is 0 Å². The van der Waals surface area contributed by atoms with Crippen LogP contribution in [0.3, 0.4) is 0 Å². The van der Waals surface area contributed by atoms with Crippen molar-refractivity contribution in [1.82, 2.24) is 0 Å². The molecule has 7 N–H and O–H groups in total. The van der Waals surface area contributed by atoms with E-state index in [9.17, 15) is 40.5 Å². The van der Waals surface area contributed by atoms with Crippen molar-refractivity contribution in [3.05, 3.63) is 146 Å². The highest BCUT2D eigenvalue weighted by molar-refractivity contribution is 5.69. The van der Waals surface area contributed by atoms with Gasteiger partial charge in [-0.1, -0.05) is 179 Å². The molecule has 0 amide bonds. The maximum absolute atomic E-state index is 13.1. The van der Waals surface area contributed by atoms with Gasteiger partial charge in [-0.05, 0) is 116 Å². The first-order valence-electron chi connectivity index (χ1n) is 29.4. The quantitative estimate of drug-likeness (QED) is 0.0172. The van der Waals surface area contributed by atoms with E-state index in [1.807, 2.05) is 0 Å². The molecule has 2 heterocycles. The van der Waals surface area contributed by atoms with Crippen LogP contribution in [0, 0.1) is 0 Å². The lowest BCUT2D eigenvalue weighted by atomic mass is 9.98. The number of aliphatic hydroxyl groups excluding tert-OH is 7. The fraction of sp³-hybridized carbons (Fsp3) is 0.615. The molecule has 0 bridgehead atoms. The zero-order valence-electron chi connectivity index (χ0n) is 47.8. The topological polar surface area (TPSA) is 214 Å². The number of hydrogen-bond acceptors (Lipinski definition) is 14. The SMILES string of the molecule is CC/C=C\C/C=C\C/C=C\C/C=C\C/C=C\C/C=C\C/C=C\CCCCCC(=O)OC(COCCCCCC/C=C\C/C=C\C/C=C\C/C=C\C/C=C\CC)COC1OC(COC2OC(CO)C(O)C(O)C2O)C(O)C(O)C1O. The van der Waals surface area contributed by atoms with Gasteiger partial charge in [0.05, 0.1) is 26.4 Å². The Hall–Kier alpha value is -4.13. The van der Waals surface area contributed by atoms with Crippen LogP contribution in [0.4, 0.5) is 0 Å². The summed E-state index contributed by atoms with van der Waals surface area (Å²) in [7, 11) is 0. The summed E-state index contributed by atoms with van der Waals surface area (Å²) in [5.41, 5.74) is 0. The molecule has 0 aromatic heterocycles. The normalized spacial score (nSPS) is 25.1. The van der Waals surface area contributed by atoms with Crippen molar-refractivity contribution < 1.29 is 69.0 Å². The van der Waals surface area contributed by atoms with Crippen LogP contribution in [0.25, 0.3) is 0 Å². The van der Waals surface area contributed by atoms with Gasteiger partial charge in [0.15, 0.2) is 12.6 Å². The highest BCUT2D eigenvalue weighted by atomic mass is 16.7. The van der Waals surface area contributed by atoms with Gasteiger partial charge in [0, 0.05) is 13.0 Å². The first kappa shape index (κ1) is 71.0. The Morgan fingerprint density at radius 3 is 1.22 bits per heavy atom. The van der Waals surface area contributed by atoms with Crippen LogP contribution < -0.4 is 0 Å². The molecule has 2 aliphatic rings. The Balaban J connectivity index is 1.76. The fourth-order valence-corrected chi connectivity index (χ4v) is 8.17. The van der Waals surface area contributed by atoms with E-state index in [4.69, 9.17) is 28.4 Å². The van der Waals surface area contributed by atoms with Gasteiger partial charge in [0.2, 0.25) is 0 Å². The van der Waals surface area contributed by atoms with Gasteiger partial charge in [-0.2, -0.15) is 0 Å². The zero-order valence-corrected chi connectivity index (χ0v) is 47.8. The van der Waals surface area contributed by atoms with Gasteiger partial charge >= 0.3 is 5.97 Å². The largest absolute Gasteiger partial charge is 0.457 e. The number of ether oxygens (including phenoxy) is 6. The van der Waals surface area contributed by atoms with Gasteiger partial charge in [0.1, 0.15) is 54.9 Å². The molecule has 2 saturated heterocycles. The standard InChI is InChI=1S/C65H102O14/c1-3-5-7-9-11-13-15-17-19-21-23-25-26-27-28-29-30-32-34-36-38-40-42-44-46-48-57(67)77-54(51-74-49-47-45-43-41-39-37-35-33-31-24-22-20-18-16-14-12-10-8-6-4-2)52-75-64-63(73)61(71)59(69)56(79-64)53-76-65-62(72)60(70)58(68)55(50-66)78-65/h5-8,11-14,17-20,23-25,27-28,30-32,35-38,54-56,58-66,68-73H,3-4,9-10,15-16,21-22,26,29,33-34,39-53H2,1-2H3/b7-5-,8-6-,13-11-,14-12-,19-17-,20-18-,25-23-,28-27-,31-24-,32-30-,37-35-,38-36-. The lowest BCUT2D eigenvalue weighted by Gasteiger charge is -2.42. The van der Waals surface area contributed by atoms with Crippen molar-refractivity contribution in [3.8, 4) is 0 Å². The molecule has 2 rings (SSSR count). The second-order valence-electron chi connectivity index (χ2n) is 19.7. The summed E-state index contributed by atoms with van der Waals surface area (Å²) in [5, 5.41) is 72.4. The van der Waals surface area contributed by atoms with Gasteiger partial charge < -0.3 is 64.2 Å². The van der Waals surface area contributed by atoms with Crippen LogP contribution in [-0.4, -0.2) is 142 Å². The van der Waals surface area contributed by atoms with Crippen molar-refractivity contribution in [2.75, 3.05) is 33.0 Å². The number of hydrogen-bond donors (Lipinski definition) is 7. The first-order valence-corrected chi connectivity index (χ1v) is 29.4. The summed E-state index contributed by atoms with van der Waals surface area (Å²) in [6.45, 7) is 3.31. The highest BCUT2D eigenvalue weighted by Gasteiger charge is 2.47. The van der Waals surface area contributed by atoms with E-state index in [-0.39, 0.29) is 19.6 Å².